The zero-order chi connectivity index (χ0) is 19.4. The van der Waals surface area contributed by atoms with Crippen molar-refractivity contribution in [2.45, 2.75) is 6.61 Å². The molecule has 0 spiro atoms. The molecule has 27 heavy (non-hydrogen) atoms. The molecule has 0 atom stereocenters. The van der Waals surface area contributed by atoms with Gasteiger partial charge in [-0.05, 0) is 36.4 Å². The zero-order valence-electron chi connectivity index (χ0n) is 14.1. The number of nitro groups is 1. The molecule has 10 heteroatoms. The molecule has 0 aliphatic rings. The molecule has 3 aromatic rings. The quantitative estimate of drug-likeness (QED) is 0.299. The maximum Gasteiger partial charge on any atom is 0.338 e. The molecule has 0 fully saturated rings. The molecule has 0 bridgehead atoms. The highest BCUT2D eigenvalue weighted by Gasteiger charge is 2.18. The standard InChI is InChI=1S/C17H14N4O6/c1-25-12-5-2-10(3-6-12)16-20-19-15(27-16)9-26-17(22)11-4-7-13(18)14(8-11)21(23)24/h2-8H,9,18H2,1H3. The molecule has 3 rings (SSSR count). The molecule has 0 unspecified atom stereocenters. The predicted molar refractivity (Wildman–Crippen MR) is 92.9 cm³/mol. The number of nitro benzene ring substituents is 1. The second-order valence-electron chi connectivity index (χ2n) is 5.34. The summed E-state index contributed by atoms with van der Waals surface area (Å²) in [5.74, 6) is 0.248. The number of nitrogens with two attached hydrogens (primary N) is 1. The third-order valence-electron chi connectivity index (χ3n) is 3.59. The zero-order valence-corrected chi connectivity index (χ0v) is 14.1. The summed E-state index contributed by atoms with van der Waals surface area (Å²) in [5, 5.41) is 18.6. The predicted octanol–water partition coefficient (Wildman–Crippen LogP) is 2.59. The second kappa shape index (κ2) is 7.52. The number of carbonyl (C=O) groups excluding carboxylic acids is 1. The highest BCUT2D eigenvalue weighted by Crippen LogP contribution is 2.24. The van der Waals surface area contributed by atoms with Crippen molar-refractivity contribution in [1.29, 1.82) is 0 Å². The number of methoxy groups -OCH3 is 1. The first-order valence-electron chi connectivity index (χ1n) is 7.66. The van der Waals surface area contributed by atoms with Gasteiger partial charge >= 0.3 is 5.97 Å². The van der Waals surface area contributed by atoms with Crippen LogP contribution in [0.1, 0.15) is 16.2 Å². The number of hydrogen-bond donors (Lipinski definition) is 1. The van der Waals surface area contributed by atoms with Crippen molar-refractivity contribution in [3.63, 3.8) is 0 Å². The van der Waals surface area contributed by atoms with Gasteiger partial charge in [-0.1, -0.05) is 0 Å². The van der Waals surface area contributed by atoms with E-state index in [0.29, 0.717) is 11.3 Å². The largest absolute Gasteiger partial charge is 0.497 e. The van der Waals surface area contributed by atoms with Gasteiger partial charge in [-0.15, -0.1) is 10.2 Å². The third-order valence-corrected chi connectivity index (χ3v) is 3.59. The lowest BCUT2D eigenvalue weighted by Gasteiger charge is -2.03. The Kier molecular flexibility index (Phi) is 4.97. The van der Waals surface area contributed by atoms with Crippen LogP contribution in [0.2, 0.25) is 0 Å². The van der Waals surface area contributed by atoms with Gasteiger partial charge in [0.2, 0.25) is 5.89 Å². The number of hydrogen-bond acceptors (Lipinski definition) is 9. The number of esters is 1. The van der Waals surface area contributed by atoms with E-state index >= 15 is 0 Å². The number of rotatable bonds is 6. The first-order chi connectivity index (χ1) is 13.0. The van der Waals surface area contributed by atoms with E-state index in [9.17, 15) is 14.9 Å². The molecule has 0 aliphatic heterocycles. The fourth-order valence-corrected chi connectivity index (χ4v) is 2.20. The lowest BCUT2D eigenvalue weighted by molar-refractivity contribution is -0.383. The molecule has 0 amide bonds. The lowest BCUT2D eigenvalue weighted by Crippen LogP contribution is -2.07. The molecule has 138 valence electrons. The van der Waals surface area contributed by atoms with E-state index in [0.717, 1.165) is 6.07 Å². The number of carbonyl (C=O) groups is 1. The van der Waals surface area contributed by atoms with E-state index < -0.39 is 10.9 Å². The lowest BCUT2D eigenvalue weighted by atomic mass is 10.2. The van der Waals surface area contributed by atoms with Crippen LogP contribution in [0.5, 0.6) is 5.75 Å². The number of nitrogen functional groups attached to an aromatic ring is 1. The molecular weight excluding hydrogens is 356 g/mol. The molecule has 0 saturated carbocycles. The van der Waals surface area contributed by atoms with Crippen LogP contribution < -0.4 is 10.5 Å². The van der Waals surface area contributed by atoms with Crippen LogP contribution in [0.25, 0.3) is 11.5 Å². The Bertz CT molecular complexity index is 983. The van der Waals surface area contributed by atoms with Gasteiger partial charge in [0.05, 0.1) is 17.6 Å². The van der Waals surface area contributed by atoms with Crippen LogP contribution in [0.15, 0.2) is 46.9 Å². The number of nitrogens with zero attached hydrogens (tertiary/aromatic N) is 3. The molecule has 0 radical (unpaired) electrons. The minimum atomic E-state index is -0.776. The Morgan fingerprint density at radius 3 is 2.63 bits per heavy atom. The smallest absolute Gasteiger partial charge is 0.338 e. The molecule has 0 saturated heterocycles. The van der Waals surface area contributed by atoms with Crippen molar-refractivity contribution in [1.82, 2.24) is 10.2 Å². The van der Waals surface area contributed by atoms with Crippen LogP contribution in [0, 0.1) is 10.1 Å². The van der Waals surface area contributed by atoms with Crippen molar-refractivity contribution < 1.29 is 23.6 Å². The van der Waals surface area contributed by atoms with E-state index in [4.69, 9.17) is 19.6 Å². The van der Waals surface area contributed by atoms with Gasteiger partial charge in [0.1, 0.15) is 11.4 Å². The summed E-state index contributed by atoms with van der Waals surface area (Å²) in [6.45, 7) is -0.278. The molecule has 0 aliphatic carbocycles. The highest BCUT2D eigenvalue weighted by molar-refractivity contribution is 5.91. The van der Waals surface area contributed by atoms with Crippen LogP contribution in [-0.2, 0) is 11.3 Å². The van der Waals surface area contributed by atoms with E-state index in [1.807, 2.05) is 0 Å². The van der Waals surface area contributed by atoms with Gasteiger partial charge in [0.25, 0.3) is 11.6 Å². The Labute approximate surface area is 152 Å². The Morgan fingerprint density at radius 2 is 1.96 bits per heavy atom. The molecule has 2 aromatic carbocycles. The topological polar surface area (TPSA) is 144 Å². The summed E-state index contributed by atoms with van der Waals surface area (Å²) in [5.41, 5.74) is 5.75. The maximum absolute atomic E-state index is 12.1. The van der Waals surface area contributed by atoms with Gasteiger partial charge < -0.3 is 19.6 Å². The van der Waals surface area contributed by atoms with Gasteiger partial charge in [0.15, 0.2) is 6.61 Å². The monoisotopic (exact) mass is 370 g/mol. The van der Waals surface area contributed by atoms with Crippen molar-refractivity contribution >= 4 is 17.3 Å². The first kappa shape index (κ1) is 17.9. The molecular formula is C17H14N4O6. The van der Waals surface area contributed by atoms with Crippen LogP contribution in [0.3, 0.4) is 0 Å². The fourth-order valence-electron chi connectivity index (χ4n) is 2.20. The van der Waals surface area contributed by atoms with Gasteiger partial charge in [-0.25, -0.2) is 4.79 Å². The summed E-state index contributed by atoms with van der Waals surface area (Å²) >= 11 is 0. The average molecular weight is 370 g/mol. The Morgan fingerprint density at radius 1 is 1.22 bits per heavy atom. The summed E-state index contributed by atoms with van der Waals surface area (Å²) in [6.07, 6.45) is 0. The minimum absolute atomic E-state index is 0.00852. The van der Waals surface area contributed by atoms with E-state index in [2.05, 4.69) is 10.2 Å². The van der Waals surface area contributed by atoms with Crippen LogP contribution >= 0.6 is 0 Å². The number of aromatic nitrogens is 2. The normalized spacial score (nSPS) is 10.4. The second-order valence-corrected chi connectivity index (χ2v) is 5.34. The van der Waals surface area contributed by atoms with Crippen molar-refractivity contribution in [2.75, 3.05) is 12.8 Å². The fraction of sp³-hybridized carbons (Fsp3) is 0.118. The minimum Gasteiger partial charge on any atom is -0.497 e. The van der Waals surface area contributed by atoms with Crippen molar-refractivity contribution in [3.8, 4) is 17.2 Å². The Hall–Kier alpha value is -3.95. The maximum atomic E-state index is 12.1. The van der Waals surface area contributed by atoms with Gasteiger partial charge in [-0.3, -0.25) is 10.1 Å². The molecule has 10 nitrogen and oxygen atoms in total. The molecule has 1 heterocycles. The SMILES string of the molecule is COc1ccc(-c2nnc(COC(=O)c3ccc(N)c([N+](=O)[O-])c3)o2)cc1. The van der Waals surface area contributed by atoms with Crippen molar-refractivity contribution in [3.05, 3.63) is 64.0 Å². The summed E-state index contributed by atoms with van der Waals surface area (Å²) in [6, 6.07) is 10.6. The number of anilines is 1. The van der Waals surface area contributed by atoms with Gasteiger partial charge in [-0.2, -0.15) is 0 Å². The number of benzene rings is 2. The van der Waals surface area contributed by atoms with Crippen LogP contribution in [0.4, 0.5) is 11.4 Å². The third kappa shape index (κ3) is 4.00. The first-order valence-corrected chi connectivity index (χ1v) is 7.66. The summed E-state index contributed by atoms with van der Waals surface area (Å²) in [7, 11) is 1.56. The summed E-state index contributed by atoms with van der Waals surface area (Å²) in [4.78, 5) is 22.3. The Balaban J connectivity index is 1.67. The van der Waals surface area contributed by atoms with Gasteiger partial charge in [0, 0.05) is 11.6 Å². The van der Waals surface area contributed by atoms with E-state index in [-0.39, 0.29) is 35.3 Å². The molecule has 1 aromatic heterocycles. The van der Waals surface area contributed by atoms with Crippen LogP contribution in [-0.4, -0.2) is 28.2 Å². The van der Waals surface area contributed by atoms with E-state index in [1.54, 1.807) is 31.4 Å². The van der Waals surface area contributed by atoms with E-state index in [1.165, 1.54) is 12.1 Å². The molecule has 2 N–H and O–H groups in total. The number of ether oxygens (including phenoxy) is 2. The average Bonchev–Trinajstić information content (AvgIpc) is 3.15. The van der Waals surface area contributed by atoms with Crippen molar-refractivity contribution in [2.24, 2.45) is 0 Å². The highest BCUT2D eigenvalue weighted by atomic mass is 16.6. The summed E-state index contributed by atoms with van der Waals surface area (Å²) < 4.78 is 15.6.